The van der Waals surface area contributed by atoms with Gasteiger partial charge in [0, 0.05) is 10.2 Å². The van der Waals surface area contributed by atoms with Gasteiger partial charge in [-0.15, -0.1) is 0 Å². The Morgan fingerprint density at radius 2 is 1.39 bits per heavy atom. The van der Waals surface area contributed by atoms with E-state index in [1.54, 1.807) is 0 Å². The zero-order valence-corrected chi connectivity index (χ0v) is 19.7. The summed E-state index contributed by atoms with van der Waals surface area (Å²) < 4.78 is 5.67. The summed E-state index contributed by atoms with van der Waals surface area (Å²) in [5.74, 6) is -1.63. The van der Waals surface area contributed by atoms with Gasteiger partial charge in [-0.05, 0) is 46.4 Å². The van der Waals surface area contributed by atoms with Crippen molar-refractivity contribution in [1.82, 2.24) is 0 Å². The molecule has 3 aromatic rings. The second-order valence-corrected chi connectivity index (χ2v) is 9.24. The van der Waals surface area contributed by atoms with Crippen LogP contribution < -0.4 is 4.90 Å². The highest BCUT2D eigenvalue weighted by atomic mass is 79.9. The Hall–Kier alpha value is -2.92. The van der Waals surface area contributed by atoms with Crippen LogP contribution in [0.5, 0.6) is 0 Å². The Kier molecular flexibility index (Phi) is 6.96. The van der Waals surface area contributed by atoms with E-state index >= 15 is 0 Å². The van der Waals surface area contributed by atoms with Crippen molar-refractivity contribution in [1.29, 1.82) is 0 Å². The van der Waals surface area contributed by atoms with E-state index in [1.807, 2.05) is 66.7 Å². The van der Waals surface area contributed by atoms with Gasteiger partial charge in [-0.25, -0.2) is 4.79 Å². The van der Waals surface area contributed by atoms with Gasteiger partial charge in [0.05, 0.1) is 13.2 Å². The molecule has 3 rings (SSSR count). The maximum absolute atomic E-state index is 13.2. The zero-order valence-electron chi connectivity index (χ0n) is 18.1. The van der Waals surface area contributed by atoms with E-state index in [1.165, 1.54) is 17.6 Å². The summed E-state index contributed by atoms with van der Waals surface area (Å²) in [5.41, 5.74) is 3.60. The van der Waals surface area contributed by atoms with Crippen LogP contribution in [0, 0.1) is 0 Å². The van der Waals surface area contributed by atoms with Crippen LogP contribution in [0.15, 0.2) is 83.3 Å². The standard InChI is InChI=1S/C26H26BrNO3/c1-26(2,3)20-12-10-19(11-13-20)23(18-8-6-5-7-9-18)28(24(29)25(30)31-4)22-16-14-21(27)15-17-22/h5-17,23H,1-4H3. The SMILES string of the molecule is COC(=O)C(=O)N(c1ccc(Br)cc1)C(c1ccccc1)c1ccc(C(C)(C)C)cc1. The molecule has 1 atom stereocenters. The number of benzene rings is 3. The molecule has 0 bridgehead atoms. The molecule has 1 amide bonds. The van der Waals surface area contributed by atoms with Gasteiger partial charge in [-0.3, -0.25) is 9.69 Å². The van der Waals surface area contributed by atoms with Gasteiger partial charge in [0.1, 0.15) is 0 Å². The molecular weight excluding hydrogens is 454 g/mol. The highest BCUT2D eigenvalue weighted by molar-refractivity contribution is 9.10. The molecule has 0 spiro atoms. The highest BCUT2D eigenvalue weighted by Crippen LogP contribution is 2.35. The Labute approximate surface area is 192 Å². The molecule has 0 N–H and O–H groups in total. The molecule has 0 saturated carbocycles. The Bertz CT molecular complexity index is 1040. The number of methoxy groups -OCH3 is 1. The number of halogens is 1. The molecule has 4 nitrogen and oxygen atoms in total. The van der Waals surface area contributed by atoms with Crippen LogP contribution >= 0.6 is 15.9 Å². The van der Waals surface area contributed by atoms with Crippen LogP contribution in [-0.2, 0) is 19.7 Å². The molecule has 0 radical (unpaired) electrons. The lowest BCUT2D eigenvalue weighted by Crippen LogP contribution is -2.40. The van der Waals surface area contributed by atoms with Crippen molar-refractivity contribution in [2.24, 2.45) is 0 Å². The topological polar surface area (TPSA) is 46.6 Å². The summed E-state index contributed by atoms with van der Waals surface area (Å²) in [7, 11) is 1.22. The fraction of sp³-hybridized carbons (Fsp3) is 0.231. The number of carbonyl (C=O) groups excluding carboxylic acids is 2. The number of rotatable bonds is 4. The van der Waals surface area contributed by atoms with Crippen molar-refractivity contribution in [3.05, 3.63) is 100 Å². The van der Waals surface area contributed by atoms with Crippen LogP contribution in [-0.4, -0.2) is 19.0 Å². The normalized spacial score (nSPS) is 12.2. The number of amides is 1. The first-order valence-corrected chi connectivity index (χ1v) is 10.8. The van der Waals surface area contributed by atoms with Gasteiger partial charge in [0.25, 0.3) is 0 Å². The zero-order chi connectivity index (χ0) is 22.6. The third-order valence-corrected chi connectivity index (χ3v) is 5.68. The van der Waals surface area contributed by atoms with E-state index in [2.05, 4.69) is 48.8 Å². The lowest BCUT2D eigenvalue weighted by atomic mass is 9.85. The molecule has 160 valence electrons. The predicted octanol–water partition coefficient (Wildman–Crippen LogP) is 6.04. The van der Waals surface area contributed by atoms with Gasteiger partial charge in [-0.1, -0.05) is 91.3 Å². The Balaban J connectivity index is 2.20. The van der Waals surface area contributed by atoms with Gasteiger partial charge < -0.3 is 4.74 Å². The van der Waals surface area contributed by atoms with E-state index in [4.69, 9.17) is 4.74 Å². The Morgan fingerprint density at radius 3 is 1.90 bits per heavy atom. The monoisotopic (exact) mass is 479 g/mol. The molecule has 0 saturated heterocycles. The molecule has 0 aliphatic carbocycles. The third-order valence-electron chi connectivity index (χ3n) is 5.15. The van der Waals surface area contributed by atoms with Crippen LogP contribution in [0.4, 0.5) is 5.69 Å². The van der Waals surface area contributed by atoms with Gasteiger partial charge in [0.15, 0.2) is 0 Å². The molecule has 0 aromatic heterocycles. The van der Waals surface area contributed by atoms with Gasteiger partial charge in [-0.2, -0.15) is 0 Å². The van der Waals surface area contributed by atoms with E-state index in [9.17, 15) is 9.59 Å². The van der Waals surface area contributed by atoms with E-state index < -0.39 is 17.9 Å². The summed E-state index contributed by atoms with van der Waals surface area (Å²) in [4.78, 5) is 27.0. The lowest BCUT2D eigenvalue weighted by Gasteiger charge is -2.32. The van der Waals surface area contributed by atoms with Crippen LogP contribution in [0.1, 0.15) is 43.5 Å². The summed E-state index contributed by atoms with van der Waals surface area (Å²) in [5, 5.41) is 0. The molecular formula is C26H26BrNO3. The van der Waals surface area contributed by atoms with Crippen LogP contribution in [0.25, 0.3) is 0 Å². The number of anilines is 1. The van der Waals surface area contributed by atoms with Crippen molar-refractivity contribution in [3.8, 4) is 0 Å². The molecule has 0 heterocycles. The molecule has 0 aliphatic heterocycles. The van der Waals surface area contributed by atoms with E-state index in [0.717, 1.165) is 15.6 Å². The summed E-state index contributed by atoms with van der Waals surface area (Å²) in [6.45, 7) is 6.47. The van der Waals surface area contributed by atoms with Crippen molar-refractivity contribution in [2.75, 3.05) is 12.0 Å². The molecule has 1 unspecified atom stereocenters. The summed E-state index contributed by atoms with van der Waals surface area (Å²) in [6, 6.07) is 24.7. The van der Waals surface area contributed by atoms with Gasteiger partial charge >= 0.3 is 11.9 Å². The number of hydrogen-bond acceptors (Lipinski definition) is 3. The van der Waals surface area contributed by atoms with Gasteiger partial charge in [0.2, 0.25) is 0 Å². The first-order valence-electron chi connectivity index (χ1n) is 10.0. The fourth-order valence-electron chi connectivity index (χ4n) is 3.46. The van der Waals surface area contributed by atoms with E-state index in [0.29, 0.717) is 5.69 Å². The van der Waals surface area contributed by atoms with Crippen molar-refractivity contribution in [3.63, 3.8) is 0 Å². The van der Waals surface area contributed by atoms with Crippen molar-refractivity contribution >= 4 is 33.5 Å². The number of nitrogens with zero attached hydrogens (tertiary/aromatic N) is 1. The lowest BCUT2D eigenvalue weighted by molar-refractivity contribution is -0.151. The minimum Gasteiger partial charge on any atom is -0.462 e. The van der Waals surface area contributed by atoms with Crippen LogP contribution in [0.3, 0.4) is 0 Å². The molecule has 0 aliphatic rings. The summed E-state index contributed by atoms with van der Waals surface area (Å²) in [6.07, 6.45) is 0. The largest absolute Gasteiger partial charge is 0.462 e. The van der Waals surface area contributed by atoms with E-state index in [-0.39, 0.29) is 5.41 Å². The second kappa shape index (κ2) is 9.48. The molecule has 31 heavy (non-hydrogen) atoms. The highest BCUT2D eigenvalue weighted by Gasteiger charge is 2.33. The minimum absolute atomic E-state index is 0.00794. The number of carbonyl (C=O) groups is 2. The molecule has 5 heteroatoms. The number of ether oxygens (including phenoxy) is 1. The average Bonchev–Trinajstić information content (AvgIpc) is 2.77. The third kappa shape index (κ3) is 5.23. The van der Waals surface area contributed by atoms with Crippen molar-refractivity contribution < 1.29 is 14.3 Å². The first kappa shape index (κ1) is 22.8. The first-order chi connectivity index (χ1) is 14.7. The Morgan fingerprint density at radius 1 is 0.839 bits per heavy atom. The fourth-order valence-corrected chi connectivity index (χ4v) is 3.73. The second-order valence-electron chi connectivity index (χ2n) is 8.33. The smallest absolute Gasteiger partial charge is 0.397 e. The maximum Gasteiger partial charge on any atom is 0.397 e. The van der Waals surface area contributed by atoms with Crippen LogP contribution in [0.2, 0.25) is 0 Å². The average molecular weight is 480 g/mol. The quantitative estimate of drug-likeness (QED) is 0.338. The summed E-state index contributed by atoms with van der Waals surface area (Å²) >= 11 is 3.43. The number of esters is 1. The predicted molar refractivity (Wildman–Crippen MR) is 127 cm³/mol. The molecule has 0 fully saturated rings. The maximum atomic E-state index is 13.2. The number of hydrogen-bond donors (Lipinski definition) is 0. The minimum atomic E-state index is -0.907. The molecule has 3 aromatic carbocycles. The van der Waals surface area contributed by atoms with Crippen molar-refractivity contribution in [2.45, 2.75) is 32.2 Å².